The molecule has 0 radical (unpaired) electrons. The lowest BCUT2D eigenvalue weighted by molar-refractivity contribution is 1.35. The molecule has 0 unspecified atom stereocenters. The topological polar surface area (TPSA) is 54.7 Å². The van der Waals surface area contributed by atoms with E-state index in [0.29, 0.717) is 5.95 Å². The van der Waals surface area contributed by atoms with E-state index in [9.17, 15) is 0 Å². The van der Waals surface area contributed by atoms with Crippen LogP contribution in [0.4, 0.5) is 5.95 Å². The molecule has 12 heavy (non-hydrogen) atoms. The molecule has 0 atom stereocenters. The standard InChI is InChI=1S/C7H5Br2N3/c8-3-1-5-6(2-4(3)9)12-7(10)11-5/h1-2H,(H3,10,11,12). The number of nitrogens with one attached hydrogen (secondary N) is 1. The number of aromatic nitrogens is 2. The molecule has 0 saturated heterocycles. The van der Waals surface area contributed by atoms with E-state index in [1.54, 1.807) is 0 Å². The van der Waals surface area contributed by atoms with Crippen molar-refractivity contribution in [3.8, 4) is 0 Å². The normalized spacial score (nSPS) is 10.8. The van der Waals surface area contributed by atoms with Gasteiger partial charge < -0.3 is 10.7 Å². The van der Waals surface area contributed by atoms with Gasteiger partial charge in [0.1, 0.15) is 0 Å². The van der Waals surface area contributed by atoms with Crippen molar-refractivity contribution in [2.45, 2.75) is 0 Å². The highest BCUT2D eigenvalue weighted by molar-refractivity contribution is 9.13. The molecule has 0 aliphatic rings. The Hall–Kier alpha value is -0.550. The van der Waals surface area contributed by atoms with Crippen LogP contribution in [0.2, 0.25) is 0 Å². The summed E-state index contributed by atoms with van der Waals surface area (Å²) < 4.78 is 1.96. The summed E-state index contributed by atoms with van der Waals surface area (Å²) in [6, 6.07) is 3.84. The van der Waals surface area contributed by atoms with Gasteiger partial charge in [0, 0.05) is 8.95 Å². The summed E-state index contributed by atoms with van der Waals surface area (Å²) in [5.74, 6) is 0.440. The fourth-order valence-corrected chi connectivity index (χ4v) is 1.70. The third-order valence-electron chi connectivity index (χ3n) is 1.54. The summed E-state index contributed by atoms with van der Waals surface area (Å²) in [7, 11) is 0. The monoisotopic (exact) mass is 289 g/mol. The Bertz CT molecular complexity index is 396. The number of anilines is 1. The second-order valence-electron chi connectivity index (χ2n) is 2.41. The third kappa shape index (κ3) is 1.23. The molecule has 0 bridgehead atoms. The predicted octanol–water partition coefficient (Wildman–Crippen LogP) is 2.67. The Labute approximate surface area is 85.6 Å². The number of H-pyrrole nitrogens is 1. The van der Waals surface area contributed by atoms with Gasteiger partial charge >= 0.3 is 0 Å². The van der Waals surface area contributed by atoms with Crippen molar-refractivity contribution in [3.63, 3.8) is 0 Å². The summed E-state index contributed by atoms with van der Waals surface area (Å²) in [5, 5.41) is 0. The van der Waals surface area contributed by atoms with E-state index < -0.39 is 0 Å². The number of rotatable bonds is 0. The minimum atomic E-state index is 0.440. The largest absolute Gasteiger partial charge is 0.369 e. The second-order valence-corrected chi connectivity index (χ2v) is 4.11. The van der Waals surface area contributed by atoms with E-state index in [1.807, 2.05) is 12.1 Å². The van der Waals surface area contributed by atoms with Crippen molar-refractivity contribution >= 4 is 48.8 Å². The van der Waals surface area contributed by atoms with E-state index in [2.05, 4.69) is 41.8 Å². The lowest BCUT2D eigenvalue weighted by Crippen LogP contribution is -1.84. The molecule has 3 nitrogen and oxygen atoms in total. The average Bonchev–Trinajstić information content (AvgIpc) is 2.30. The van der Waals surface area contributed by atoms with Crippen LogP contribution in [-0.2, 0) is 0 Å². The molecule has 3 N–H and O–H groups in total. The number of nitrogens with two attached hydrogens (primary N) is 1. The lowest BCUT2D eigenvalue weighted by atomic mass is 10.3. The van der Waals surface area contributed by atoms with E-state index in [1.165, 1.54) is 0 Å². The molecule has 2 rings (SSSR count). The molecule has 0 aliphatic heterocycles. The van der Waals surface area contributed by atoms with Crippen LogP contribution in [0.1, 0.15) is 0 Å². The molecule has 1 heterocycles. The molecule has 0 aliphatic carbocycles. The summed E-state index contributed by atoms with van der Waals surface area (Å²) >= 11 is 6.77. The van der Waals surface area contributed by atoms with Crippen LogP contribution in [0.15, 0.2) is 21.1 Å². The van der Waals surface area contributed by atoms with Crippen molar-refractivity contribution in [1.29, 1.82) is 0 Å². The number of hydrogen-bond acceptors (Lipinski definition) is 2. The van der Waals surface area contributed by atoms with Crippen LogP contribution >= 0.6 is 31.9 Å². The van der Waals surface area contributed by atoms with Crippen molar-refractivity contribution in [3.05, 3.63) is 21.1 Å². The summed E-state index contributed by atoms with van der Waals surface area (Å²) in [6.45, 7) is 0. The molecule has 1 aromatic carbocycles. The van der Waals surface area contributed by atoms with Gasteiger partial charge in [-0.25, -0.2) is 4.98 Å². The highest BCUT2D eigenvalue weighted by Crippen LogP contribution is 2.27. The Kier molecular flexibility index (Phi) is 1.84. The molecule has 0 saturated carbocycles. The maximum atomic E-state index is 5.49. The van der Waals surface area contributed by atoms with Gasteiger partial charge in [-0.2, -0.15) is 0 Å². The maximum Gasteiger partial charge on any atom is 0.198 e. The van der Waals surface area contributed by atoms with E-state index in [4.69, 9.17) is 5.73 Å². The van der Waals surface area contributed by atoms with Gasteiger partial charge in [0.2, 0.25) is 0 Å². The zero-order chi connectivity index (χ0) is 8.72. The molecule has 0 spiro atoms. The van der Waals surface area contributed by atoms with Gasteiger partial charge in [0.25, 0.3) is 0 Å². The number of nitrogen functional groups attached to an aromatic ring is 1. The first kappa shape index (κ1) is 8.07. The van der Waals surface area contributed by atoms with Gasteiger partial charge in [0.05, 0.1) is 11.0 Å². The van der Waals surface area contributed by atoms with E-state index in [-0.39, 0.29) is 0 Å². The first-order valence-electron chi connectivity index (χ1n) is 3.27. The average molecular weight is 291 g/mol. The molecule has 2 aromatic rings. The molecule has 5 heteroatoms. The number of imidazole rings is 1. The van der Waals surface area contributed by atoms with Gasteiger partial charge in [-0.15, -0.1) is 0 Å². The van der Waals surface area contributed by atoms with Gasteiger partial charge in [-0.1, -0.05) is 0 Å². The minimum Gasteiger partial charge on any atom is -0.369 e. The van der Waals surface area contributed by atoms with E-state index in [0.717, 1.165) is 20.0 Å². The van der Waals surface area contributed by atoms with Crippen molar-refractivity contribution in [1.82, 2.24) is 9.97 Å². The van der Waals surface area contributed by atoms with Crippen LogP contribution in [0.5, 0.6) is 0 Å². The van der Waals surface area contributed by atoms with E-state index >= 15 is 0 Å². The quantitative estimate of drug-likeness (QED) is 0.784. The van der Waals surface area contributed by atoms with Gasteiger partial charge in [-0.3, -0.25) is 0 Å². The van der Waals surface area contributed by atoms with Crippen LogP contribution in [0.25, 0.3) is 11.0 Å². The number of fused-ring (bicyclic) bond motifs is 1. The smallest absolute Gasteiger partial charge is 0.198 e. The van der Waals surface area contributed by atoms with Crippen molar-refractivity contribution in [2.75, 3.05) is 5.73 Å². The third-order valence-corrected chi connectivity index (χ3v) is 3.39. The fourth-order valence-electron chi connectivity index (χ4n) is 1.02. The second kappa shape index (κ2) is 2.74. The number of benzene rings is 1. The zero-order valence-corrected chi connectivity index (χ0v) is 9.11. The summed E-state index contributed by atoms with van der Waals surface area (Å²) in [5.41, 5.74) is 7.29. The highest BCUT2D eigenvalue weighted by atomic mass is 79.9. The Morgan fingerprint density at radius 1 is 1.25 bits per heavy atom. The predicted molar refractivity (Wildman–Crippen MR) is 55.9 cm³/mol. The van der Waals surface area contributed by atoms with Crippen LogP contribution < -0.4 is 5.73 Å². The number of nitrogens with zero attached hydrogens (tertiary/aromatic N) is 1. The minimum absolute atomic E-state index is 0.440. The Morgan fingerprint density at radius 2 is 1.92 bits per heavy atom. The highest BCUT2D eigenvalue weighted by Gasteiger charge is 2.03. The molecule has 1 aromatic heterocycles. The Balaban J connectivity index is 2.83. The molecule has 0 fully saturated rings. The number of halogens is 2. The van der Waals surface area contributed by atoms with Gasteiger partial charge in [0.15, 0.2) is 5.95 Å². The first-order valence-corrected chi connectivity index (χ1v) is 4.85. The lowest BCUT2D eigenvalue weighted by Gasteiger charge is -1.93. The SMILES string of the molecule is Nc1nc2cc(Br)c(Br)cc2[nH]1. The van der Waals surface area contributed by atoms with Crippen molar-refractivity contribution in [2.24, 2.45) is 0 Å². The molecular formula is C7H5Br2N3. The molecular weight excluding hydrogens is 286 g/mol. The number of hydrogen-bond donors (Lipinski definition) is 2. The molecule has 0 amide bonds. The maximum absolute atomic E-state index is 5.49. The van der Waals surface area contributed by atoms with Crippen LogP contribution in [0.3, 0.4) is 0 Å². The van der Waals surface area contributed by atoms with Crippen molar-refractivity contribution < 1.29 is 0 Å². The molecule has 62 valence electrons. The zero-order valence-electron chi connectivity index (χ0n) is 5.94. The van der Waals surface area contributed by atoms with Crippen LogP contribution in [-0.4, -0.2) is 9.97 Å². The number of aromatic amines is 1. The first-order chi connectivity index (χ1) is 5.66. The fraction of sp³-hybridized carbons (Fsp3) is 0. The van der Waals surface area contributed by atoms with Gasteiger partial charge in [-0.05, 0) is 44.0 Å². The summed E-state index contributed by atoms with van der Waals surface area (Å²) in [4.78, 5) is 7.03. The van der Waals surface area contributed by atoms with Crippen LogP contribution in [0, 0.1) is 0 Å². The summed E-state index contributed by atoms with van der Waals surface area (Å²) in [6.07, 6.45) is 0. The Morgan fingerprint density at radius 3 is 2.67 bits per heavy atom.